The van der Waals surface area contributed by atoms with Gasteiger partial charge in [0.1, 0.15) is 5.75 Å². The van der Waals surface area contributed by atoms with Crippen molar-refractivity contribution < 1.29 is 9.66 Å². The number of nitro benzene ring substituents is 1. The third-order valence-electron chi connectivity index (χ3n) is 3.96. The van der Waals surface area contributed by atoms with Crippen LogP contribution in [0.25, 0.3) is 0 Å². The van der Waals surface area contributed by atoms with Crippen molar-refractivity contribution in [1.82, 2.24) is 5.32 Å². The molecule has 118 valence electrons. The first-order chi connectivity index (χ1) is 9.90. The highest BCUT2D eigenvalue weighted by Gasteiger charge is 2.23. The minimum Gasteiger partial charge on any atom is -0.496 e. The van der Waals surface area contributed by atoms with Crippen LogP contribution in [0.3, 0.4) is 0 Å². The summed E-state index contributed by atoms with van der Waals surface area (Å²) in [5.74, 6) is 1.58. The largest absolute Gasteiger partial charge is 0.496 e. The molecule has 0 spiro atoms. The van der Waals surface area contributed by atoms with Crippen molar-refractivity contribution in [3.05, 3.63) is 33.9 Å². The second kappa shape index (κ2) is 7.98. The molecule has 5 heteroatoms. The van der Waals surface area contributed by atoms with Crippen molar-refractivity contribution in [3.8, 4) is 5.75 Å². The minimum absolute atomic E-state index is 0.115. The van der Waals surface area contributed by atoms with Gasteiger partial charge in [0.15, 0.2) is 0 Å². The first kappa shape index (κ1) is 17.4. The van der Waals surface area contributed by atoms with E-state index >= 15 is 0 Å². The summed E-state index contributed by atoms with van der Waals surface area (Å²) in [6.07, 6.45) is 0.761. The van der Waals surface area contributed by atoms with Gasteiger partial charge in [-0.05, 0) is 37.8 Å². The standard InChI is InChI=1S/C16H26N2O3/c1-6-17-12(4)15(11(2)3)10-13-9-14(18(19)20)7-8-16(13)21-5/h7-9,11-12,15,17H,6,10H2,1-5H3. The van der Waals surface area contributed by atoms with Crippen LogP contribution < -0.4 is 10.1 Å². The van der Waals surface area contributed by atoms with E-state index < -0.39 is 0 Å². The molecule has 1 N–H and O–H groups in total. The number of methoxy groups -OCH3 is 1. The van der Waals surface area contributed by atoms with Crippen molar-refractivity contribution in [3.63, 3.8) is 0 Å². The lowest BCUT2D eigenvalue weighted by Crippen LogP contribution is -2.37. The minimum atomic E-state index is -0.360. The van der Waals surface area contributed by atoms with E-state index in [1.807, 2.05) is 0 Å². The number of nitrogens with zero attached hydrogens (tertiary/aromatic N) is 1. The molecule has 5 nitrogen and oxygen atoms in total. The number of rotatable bonds is 8. The maximum absolute atomic E-state index is 11.0. The van der Waals surface area contributed by atoms with Crippen molar-refractivity contribution >= 4 is 5.69 Å². The molecule has 21 heavy (non-hydrogen) atoms. The zero-order chi connectivity index (χ0) is 16.0. The van der Waals surface area contributed by atoms with Crippen molar-refractivity contribution in [2.75, 3.05) is 13.7 Å². The van der Waals surface area contributed by atoms with Crippen molar-refractivity contribution in [1.29, 1.82) is 0 Å². The molecule has 1 rings (SSSR count). The molecule has 0 bridgehead atoms. The Morgan fingerprint density at radius 2 is 2.00 bits per heavy atom. The van der Waals surface area contributed by atoms with Crippen molar-refractivity contribution in [2.24, 2.45) is 11.8 Å². The summed E-state index contributed by atoms with van der Waals surface area (Å²) >= 11 is 0. The van der Waals surface area contributed by atoms with Crippen LogP contribution in [0.5, 0.6) is 5.75 Å². The molecule has 0 fully saturated rings. The fourth-order valence-corrected chi connectivity index (χ4v) is 2.76. The molecule has 1 aromatic rings. The van der Waals surface area contributed by atoms with E-state index in [9.17, 15) is 10.1 Å². The monoisotopic (exact) mass is 294 g/mol. The van der Waals surface area contributed by atoms with Crippen LogP contribution in [0.2, 0.25) is 0 Å². The van der Waals surface area contributed by atoms with Crippen LogP contribution in [-0.2, 0) is 6.42 Å². The number of benzene rings is 1. The number of non-ortho nitro benzene ring substituents is 1. The van der Waals surface area contributed by atoms with E-state index in [4.69, 9.17) is 4.74 Å². The average molecular weight is 294 g/mol. The summed E-state index contributed by atoms with van der Waals surface area (Å²) in [6, 6.07) is 5.15. The maximum Gasteiger partial charge on any atom is 0.269 e. The zero-order valence-electron chi connectivity index (χ0n) is 13.6. The molecular formula is C16H26N2O3. The molecule has 1 aromatic carbocycles. The van der Waals surface area contributed by atoms with Gasteiger partial charge in [0.05, 0.1) is 12.0 Å². The number of nitrogens with one attached hydrogen (secondary N) is 1. The van der Waals surface area contributed by atoms with Gasteiger partial charge in [0.25, 0.3) is 5.69 Å². The smallest absolute Gasteiger partial charge is 0.269 e. The van der Waals surface area contributed by atoms with E-state index in [-0.39, 0.29) is 10.6 Å². The third kappa shape index (κ3) is 4.70. The fourth-order valence-electron chi connectivity index (χ4n) is 2.76. The van der Waals surface area contributed by atoms with Crippen LogP contribution in [0, 0.1) is 22.0 Å². The summed E-state index contributed by atoms with van der Waals surface area (Å²) in [6.45, 7) is 9.53. The Bertz CT molecular complexity index is 475. The Balaban J connectivity index is 3.06. The van der Waals surface area contributed by atoms with Gasteiger partial charge in [-0.3, -0.25) is 10.1 Å². The second-order valence-electron chi connectivity index (χ2n) is 5.71. The summed E-state index contributed by atoms with van der Waals surface area (Å²) in [7, 11) is 1.60. The quantitative estimate of drug-likeness (QED) is 0.589. The van der Waals surface area contributed by atoms with Crippen LogP contribution in [0.15, 0.2) is 18.2 Å². The third-order valence-corrected chi connectivity index (χ3v) is 3.96. The highest BCUT2D eigenvalue weighted by atomic mass is 16.6. The molecular weight excluding hydrogens is 268 g/mol. The lowest BCUT2D eigenvalue weighted by Gasteiger charge is -2.28. The van der Waals surface area contributed by atoms with Gasteiger partial charge in [-0.1, -0.05) is 20.8 Å². The Hall–Kier alpha value is -1.62. The van der Waals surface area contributed by atoms with Gasteiger partial charge >= 0.3 is 0 Å². The maximum atomic E-state index is 11.0. The van der Waals surface area contributed by atoms with Gasteiger partial charge in [-0.2, -0.15) is 0 Å². The Morgan fingerprint density at radius 3 is 2.48 bits per heavy atom. The summed E-state index contributed by atoms with van der Waals surface area (Å²) in [4.78, 5) is 10.6. The van der Waals surface area contributed by atoms with Crippen LogP contribution in [0.1, 0.15) is 33.3 Å². The van der Waals surface area contributed by atoms with E-state index in [1.54, 1.807) is 19.2 Å². The molecule has 2 unspecified atom stereocenters. The van der Waals surface area contributed by atoms with E-state index in [1.165, 1.54) is 6.07 Å². The normalized spacial score (nSPS) is 14.0. The summed E-state index contributed by atoms with van der Waals surface area (Å²) in [5, 5.41) is 14.4. The number of hydrogen-bond donors (Lipinski definition) is 1. The predicted molar refractivity (Wildman–Crippen MR) is 84.8 cm³/mol. The Kier molecular flexibility index (Phi) is 6.62. The van der Waals surface area contributed by atoms with E-state index in [0.29, 0.717) is 17.9 Å². The second-order valence-corrected chi connectivity index (χ2v) is 5.71. The number of ether oxygens (including phenoxy) is 1. The molecule has 0 saturated heterocycles. The molecule has 0 aromatic heterocycles. The summed E-state index contributed by atoms with van der Waals surface area (Å²) in [5.41, 5.74) is 1.01. The van der Waals surface area contributed by atoms with Gasteiger partial charge in [0, 0.05) is 23.7 Å². The SMILES string of the molecule is CCNC(C)C(Cc1cc([N+](=O)[O-])ccc1OC)C(C)C. The Labute approximate surface area is 126 Å². The van der Waals surface area contributed by atoms with Gasteiger partial charge < -0.3 is 10.1 Å². The van der Waals surface area contributed by atoms with Crippen LogP contribution in [0.4, 0.5) is 5.69 Å². The first-order valence-corrected chi connectivity index (χ1v) is 7.45. The van der Waals surface area contributed by atoms with Gasteiger partial charge in [0.2, 0.25) is 0 Å². The molecule has 0 aliphatic carbocycles. The van der Waals surface area contributed by atoms with E-state index in [2.05, 4.69) is 33.0 Å². The molecule has 0 amide bonds. The molecule has 0 saturated carbocycles. The van der Waals surface area contributed by atoms with Crippen LogP contribution >= 0.6 is 0 Å². The first-order valence-electron chi connectivity index (χ1n) is 7.45. The molecule has 0 aliphatic heterocycles. The molecule has 0 radical (unpaired) electrons. The average Bonchev–Trinajstić information content (AvgIpc) is 2.44. The predicted octanol–water partition coefficient (Wildman–Crippen LogP) is 3.42. The molecule has 0 aliphatic rings. The van der Waals surface area contributed by atoms with Crippen molar-refractivity contribution in [2.45, 2.75) is 40.2 Å². The number of hydrogen-bond acceptors (Lipinski definition) is 4. The molecule has 2 atom stereocenters. The van der Waals surface area contributed by atoms with Gasteiger partial charge in [-0.25, -0.2) is 0 Å². The van der Waals surface area contributed by atoms with Crippen LogP contribution in [-0.4, -0.2) is 24.6 Å². The lowest BCUT2D eigenvalue weighted by molar-refractivity contribution is -0.384. The molecule has 0 heterocycles. The highest BCUT2D eigenvalue weighted by Crippen LogP contribution is 2.29. The zero-order valence-corrected chi connectivity index (χ0v) is 13.6. The topological polar surface area (TPSA) is 64.4 Å². The Morgan fingerprint density at radius 1 is 1.33 bits per heavy atom. The summed E-state index contributed by atoms with van der Waals surface area (Å²) < 4.78 is 5.36. The van der Waals surface area contributed by atoms with E-state index in [0.717, 1.165) is 24.3 Å². The lowest BCUT2D eigenvalue weighted by atomic mass is 9.83. The van der Waals surface area contributed by atoms with Gasteiger partial charge in [-0.15, -0.1) is 0 Å². The fraction of sp³-hybridized carbons (Fsp3) is 0.625. The number of nitro groups is 1. The highest BCUT2D eigenvalue weighted by molar-refractivity contribution is 5.44.